The number of esters is 1. The molecule has 86 valence electrons. The Morgan fingerprint density at radius 1 is 1.38 bits per heavy atom. The van der Waals surface area contributed by atoms with Gasteiger partial charge in [-0.3, -0.25) is 9.59 Å². The van der Waals surface area contributed by atoms with Gasteiger partial charge in [-0.15, -0.1) is 11.3 Å². The zero-order valence-corrected chi connectivity index (χ0v) is 9.93. The summed E-state index contributed by atoms with van der Waals surface area (Å²) in [5.41, 5.74) is 0.826. The van der Waals surface area contributed by atoms with E-state index in [0.717, 1.165) is 5.56 Å². The van der Waals surface area contributed by atoms with Crippen molar-refractivity contribution in [2.24, 2.45) is 0 Å². The van der Waals surface area contributed by atoms with Crippen molar-refractivity contribution in [1.29, 1.82) is 0 Å². The fourth-order valence-electron chi connectivity index (χ4n) is 1.17. The minimum absolute atomic E-state index is 0.136. The van der Waals surface area contributed by atoms with Crippen molar-refractivity contribution in [1.82, 2.24) is 0 Å². The summed E-state index contributed by atoms with van der Waals surface area (Å²) in [5.74, 6) is -2.06. The van der Waals surface area contributed by atoms with Crippen LogP contribution in [0.25, 0.3) is 0 Å². The molecule has 0 atom stereocenters. The first-order valence-corrected chi connectivity index (χ1v) is 5.71. The van der Waals surface area contributed by atoms with Crippen molar-refractivity contribution in [3.63, 3.8) is 0 Å². The molecule has 0 fully saturated rings. The Balaban J connectivity index is 2.62. The van der Waals surface area contributed by atoms with Gasteiger partial charge < -0.3 is 4.74 Å². The highest BCUT2D eigenvalue weighted by Crippen LogP contribution is 2.17. The van der Waals surface area contributed by atoms with Gasteiger partial charge in [0.25, 0.3) is 0 Å². The number of carbonyl (C=O) groups excluding carboxylic acids is 3. The third kappa shape index (κ3) is 3.00. The minimum Gasteiger partial charge on any atom is -0.460 e. The number of ketones is 2. The lowest BCUT2D eigenvalue weighted by Crippen LogP contribution is -2.20. The van der Waals surface area contributed by atoms with E-state index < -0.39 is 18.2 Å². The third-order valence-corrected chi connectivity index (χ3v) is 3.00. The molecule has 16 heavy (non-hydrogen) atoms. The lowest BCUT2D eigenvalue weighted by atomic mass is 10.1. The molecular formula is C11H12O4S. The van der Waals surface area contributed by atoms with Crippen molar-refractivity contribution >= 4 is 28.9 Å². The van der Waals surface area contributed by atoms with Crippen molar-refractivity contribution in [3.05, 3.63) is 21.9 Å². The van der Waals surface area contributed by atoms with Gasteiger partial charge in [0.2, 0.25) is 5.78 Å². The van der Waals surface area contributed by atoms with Gasteiger partial charge in [0, 0.05) is 0 Å². The molecule has 0 unspecified atom stereocenters. The number of ether oxygens (including phenoxy) is 1. The van der Waals surface area contributed by atoms with Crippen LogP contribution in [0.4, 0.5) is 0 Å². The van der Waals surface area contributed by atoms with Gasteiger partial charge in [-0.25, -0.2) is 4.79 Å². The largest absolute Gasteiger partial charge is 0.460 e. The van der Waals surface area contributed by atoms with E-state index in [1.54, 1.807) is 25.3 Å². The summed E-state index contributed by atoms with van der Waals surface area (Å²) in [6.07, 6.45) is -0.416. The highest BCUT2D eigenvalue weighted by atomic mass is 32.1. The Kier molecular flexibility index (Phi) is 4.37. The topological polar surface area (TPSA) is 60.4 Å². The first-order valence-electron chi connectivity index (χ1n) is 4.83. The second-order valence-corrected chi connectivity index (χ2v) is 4.09. The molecule has 0 saturated carbocycles. The standard InChI is InChI=1S/C11H12O4S/c1-3-15-11(14)9(13)6-8(12)10-7(2)4-5-16-10/h4-5H,3,6H2,1-2H3. The monoisotopic (exact) mass is 240 g/mol. The summed E-state index contributed by atoms with van der Waals surface area (Å²) < 4.78 is 4.51. The number of Topliss-reactive ketones (excluding diaryl/α,β-unsaturated/α-hetero) is 2. The Morgan fingerprint density at radius 2 is 2.06 bits per heavy atom. The second-order valence-electron chi connectivity index (χ2n) is 3.18. The molecular weight excluding hydrogens is 228 g/mol. The highest BCUT2D eigenvalue weighted by Gasteiger charge is 2.21. The molecule has 0 bridgehead atoms. The number of rotatable bonds is 5. The summed E-state index contributed by atoms with van der Waals surface area (Å²) in [4.78, 5) is 34.4. The quantitative estimate of drug-likeness (QED) is 0.340. The Hall–Kier alpha value is -1.49. The van der Waals surface area contributed by atoms with Gasteiger partial charge in [-0.1, -0.05) is 0 Å². The second kappa shape index (κ2) is 5.55. The van der Waals surface area contributed by atoms with E-state index in [9.17, 15) is 14.4 Å². The van der Waals surface area contributed by atoms with E-state index in [1.165, 1.54) is 11.3 Å². The number of thiophene rings is 1. The van der Waals surface area contributed by atoms with Gasteiger partial charge in [0.15, 0.2) is 5.78 Å². The van der Waals surface area contributed by atoms with E-state index in [4.69, 9.17) is 0 Å². The summed E-state index contributed by atoms with van der Waals surface area (Å²) in [5, 5.41) is 1.78. The van der Waals surface area contributed by atoms with Crippen LogP contribution in [-0.4, -0.2) is 24.1 Å². The predicted molar refractivity (Wildman–Crippen MR) is 59.6 cm³/mol. The Labute approximate surface area is 97.2 Å². The van der Waals surface area contributed by atoms with Crippen LogP contribution in [0.5, 0.6) is 0 Å². The van der Waals surface area contributed by atoms with E-state index in [0.29, 0.717) is 4.88 Å². The molecule has 1 rings (SSSR count). The maximum Gasteiger partial charge on any atom is 0.375 e. The molecule has 0 aliphatic heterocycles. The zero-order chi connectivity index (χ0) is 12.1. The van der Waals surface area contributed by atoms with Gasteiger partial charge in [0.1, 0.15) is 0 Å². The van der Waals surface area contributed by atoms with Crippen LogP contribution in [0.15, 0.2) is 11.4 Å². The van der Waals surface area contributed by atoms with Gasteiger partial charge in [-0.05, 0) is 30.9 Å². The maximum atomic E-state index is 11.6. The molecule has 0 aromatic carbocycles. The molecule has 1 aromatic heterocycles. The number of aryl methyl sites for hydroxylation is 1. The van der Waals surface area contributed by atoms with E-state index in [-0.39, 0.29) is 12.4 Å². The number of carbonyl (C=O) groups is 3. The molecule has 0 radical (unpaired) electrons. The molecule has 4 nitrogen and oxygen atoms in total. The van der Waals surface area contributed by atoms with E-state index in [2.05, 4.69) is 4.74 Å². The maximum absolute atomic E-state index is 11.6. The van der Waals surface area contributed by atoms with Crippen LogP contribution in [0, 0.1) is 6.92 Å². The molecule has 5 heteroatoms. The van der Waals surface area contributed by atoms with Gasteiger partial charge >= 0.3 is 5.97 Å². The average Bonchev–Trinajstić information content (AvgIpc) is 2.64. The molecule has 0 aliphatic rings. The first-order chi connectivity index (χ1) is 7.56. The third-order valence-electron chi connectivity index (χ3n) is 1.94. The molecule has 0 aliphatic carbocycles. The van der Waals surface area contributed by atoms with Crippen LogP contribution in [-0.2, 0) is 14.3 Å². The molecule has 0 N–H and O–H groups in total. The fourth-order valence-corrected chi connectivity index (χ4v) is 2.03. The Morgan fingerprint density at radius 3 is 2.56 bits per heavy atom. The van der Waals surface area contributed by atoms with Crippen LogP contribution < -0.4 is 0 Å². The molecule has 1 heterocycles. The van der Waals surface area contributed by atoms with Crippen LogP contribution in [0.3, 0.4) is 0 Å². The summed E-state index contributed by atoms with van der Waals surface area (Å²) in [6, 6.07) is 1.80. The minimum atomic E-state index is -0.940. The lowest BCUT2D eigenvalue weighted by molar-refractivity contribution is -0.153. The molecule has 0 saturated heterocycles. The SMILES string of the molecule is CCOC(=O)C(=O)CC(=O)c1sccc1C. The van der Waals surface area contributed by atoms with Gasteiger partial charge in [0.05, 0.1) is 17.9 Å². The zero-order valence-electron chi connectivity index (χ0n) is 9.11. The lowest BCUT2D eigenvalue weighted by Gasteiger charge is -2.00. The molecule has 1 aromatic rings. The van der Waals surface area contributed by atoms with E-state index >= 15 is 0 Å². The summed E-state index contributed by atoms with van der Waals surface area (Å²) >= 11 is 1.27. The number of hydrogen-bond donors (Lipinski definition) is 0. The summed E-state index contributed by atoms with van der Waals surface area (Å²) in [6.45, 7) is 3.53. The van der Waals surface area contributed by atoms with Crippen molar-refractivity contribution in [2.75, 3.05) is 6.61 Å². The van der Waals surface area contributed by atoms with Crippen LogP contribution in [0.2, 0.25) is 0 Å². The van der Waals surface area contributed by atoms with Crippen molar-refractivity contribution in [3.8, 4) is 0 Å². The Bertz CT molecular complexity index is 419. The van der Waals surface area contributed by atoms with Gasteiger partial charge in [-0.2, -0.15) is 0 Å². The van der Waals surface area contributed by atoms with Crippen LogP contribution in [0.1, 0.15) is 28.6 Å². The van der Waals surface area contributed by atoms with Crippen LogP contribution >= 0.6 is 11.3 Å². The average molecular weight is 240 g/mol. The molecule has 0 amide bonds. The fraction of sp³-hybridized carbons (Fsp3) is 0.364. The normalized spacial score (nSPS) is 9.88. The van der Waals surface area contributed by atoms with Crippen molar-refractivity contribution < 1.29 is 19.1 Å². The summed E-state index contributed by atoms with van der Waals surface area (Å²) in [7, 11) is 0. The predicted octanol–water partition coefficient (Wildman–Crippen LogP) is 1.76. The molecule has 0 spiro atoms. The van der Waals surface area contributed by atoms with E-state index in [1.807, 2.05) is 0 Å². The number of hydrogen-bond acceptors (Lipinski definition) is 5. The first kappa shape index (κ1) is 12.6. The highest BCUT2D eigenvalue weighted by molar-refractivity contribution is 7.12. The smallest absolute Gasteiger partial charge is 0.375 e. The van der Waals surface area contributed by atoms with Crippen molar-refractivity contribution in [2.45, 2.75) is 20.3 Å².